The number of nitrogens with zero attached hydrogens (tertiary/aromatic N) is 3. The molecule has 25 heavy (non-hydrogen) atoms. The number of fused-ring (bicyclic) bond motifs is 1. The van der Waals surface area contributed by atoms with Gasteiger partial charge in [-0.2, -0.15) is 0 Å². The van der Waals surface area contributed by atoms with Gasteiger partial charge in [0.05, 0.1) is 17.1 Å². The van der Waals surface area contributed by atoms with E-state index in [2.05, 4.69) is 44.9 Å². The van der Waals surface area contributed by atoms with Crippen LogP contribution in [0.25, 0.3) is 16.7 Å². The molecule has 128 valence electrons. The second-order valence-corrected chi connectivity index (χ2v) is 6.80. The molecule has 0 amide bonds. The fourth-order valence-corrected chi connectivity index (χ4v) is 3.58. The average Bonchev–Trinajstić information content (AvgIpc) is 3.08. The zero-order chi connectivity index (χ0) is 17.1. The first kappa shape index (κ1) is 16.0. The summed E-state index contributed by atoms with van der Waals surface area (Å²) < 4.78 is 2.09. The van der Waals surface area contributed by atoms with Crippen LogP contribution in [0.15, 0.2) is 59.9 Å². The number of hydrogen-bond donors (Lipinski definition) is 1. The van der Waals surface area contributed by atoms with E-state index in [1.54, 1.807) is 0 Å². The SMILES string of the molecule is O[C@@H]1CCCC[C@H]1CN=Cc1ccc(-n2cnc3ccccc32)cc1. The van der Waals surface area contributed by atoms with Crippen molar-refractivity contribution in [3.63, 3.8) is 0 Å². The highest BCUT2D eigenvalue weighted by Crippen LogP contribution is 2.24. The monoisotopic (exact) mass is 333 g/mol. The molecule has 1 saturated carbocycles. The maximum absolute atomic E-state index is 10.0. The molecular formula is C21H23N3O. The normalized spacial score (nSPS) is 21.2. The van der Waals surface area contributed by atoms with Crippen LogP contribution >= 0.6 is 0 Å². The highest BCUT2D eigenvalue weighted by atomic mass is 16.3. The molecule has 2 atom stereocenters. The molecule has 1 aromatic heterocycles. The van der Waals surface area contributed by atoms with Gasteiger partial charge in [0.25, 0.3) is 0 Å². The lowest BCUT2D eigenvalue weighted by Crippen LogP contribution is -2.26. The number of aliphatic hydroxyl groups is 1. The van der Waals surface area contributed by atoms with Gasteiger partial charge in [-0.25, -0.2) is 4.98 Å². The molecule has 4 rings (SSSR count). The summed E-state index contributed by atoms with van der Waals surface area (Å²) in [6, 6.07) is 16.5. The minimum absolute atomic E-state index is 0.178. The van der Waals surface area contributed by atoms with Crippen LogP contribution in [0, 0.1) is 5.92 Å². The molecule has 4 heteroatoms. The van der Waals surface area contributed by atoms with E-state index in [0.717, 1.165) is 48.1 Å². The molecule has 1 aliphatic carbocycles. The molecule has 0 spiro atoms. The lowest BCUT2D eigenvalue weighted by atomic mass is 9.87. The van der Waals surface area contributed by atoms with Crippen LogP contribution in [-0.4, -0.2) is 33.5 Å². The van der Waals surface area contributed by atoms with Crippen LogP contribution in [0.2, 0.25) is 0 Å². The van der Waals surface area contributed by atoms with E-state index in [9.17, 15) is 5.11 Å². The third-order valence-electron chi connectivity index (χ3n) is 5.07. The van der Waals surface area contributed by atoms with Crippen molar-refractivity contribution >= 4 is 17.2 Å². The smallest absolute Gasteiger partial charge is 0.100 e. The largest absolute Gasteiger partial charge is 0.393 e. The van der Waals surface area contributed by atoms with Crippen LogP contribution in [0.1, 0.15) is 31.2 Å². The summed E-state index contributed by atoms with van der Waals surface area (Å²) >= 11 is 0. The van der Waals surface area contributed by atoms with Gasteiger partial charge in [-0.3, -0.25) is 9.56 Å². The number of benzene rings is 2. The van der Waals surface area contributed by atoms with Gasteiger partial charge < -0.3 is 5.11 Å². The first-order valence-electron chi connectivity index (χ1n) is 9.02. The third-order valence-corrected chi connectivity index (χ3v) is 5.07. The lowest BCUT2D eigenvalue weighted by Gasteiger charge is -2.25. The van der Waals surface area contributed by atoms with Crippen molar-refractivity contribution in [3.8, 4) is 5.69 Å². The van der Waals surface area contributed by atoms with Crippen molar-refractivity contribution in [1.29, 1.82) is 0 Å². The fraction of sp³-hybridized carbons (Fsp3) is 0.333. The second kappa shape index (κ2) is 7.19. The quantitative estimate of drug-likeness (QED) is 0.734. The summed E-state index contributed by atoms with van der Waals surface area (Å²) in [4.78, 5) is 8.99. The van der Waals surface area contributed by atoms with E-state index in [-0.39, 0.29) is 6.10 Å². The van der Waals surface area contributed by atoms with Gasteiger partial charge in [-0.05, 0) is 42.7 Å². The summed E-state index contributed by atoms with van der Waals surface area (Å²) in [6.45, 7) is 0.717. The molecule has 0 unspecified atom stereocenters. The van der Waals surface area contributed by atoms with Crippen molar-refractivity contribution in [2.75, 3.05) is 6.54 Å². The van der Waals surface area contributed by atoms with Gasteiger partial charge in [0, 0.05) is 24.4 Å². The molecule has 0 saturated heterocycles. The minimum atomic E-state index is -0.178. The van der Waals surface area contributed by atoms with Crippen LogP contribution in [0.4, 0.5) is 0 Å². The predicted molar refractivity (Wildman–Crippen MR) is 101 cm³/mol. The molecule has 1 N–H and O–H groups in total. The molecule has 1 aliphatic rings. The second-order valence-electron chi connectivity index (χ2n) is 6.80. The number of imidazole rings is 1. The van der Waals surface area contributed by atoms with Crippen molar-refractivity contribution in [3.05, 3.63) is 60.4 Å². The molecule has 3 aromatic rings. The van der Waals surface area contributed by atoms with Crippen molar-refractivity contribution in [2.24, 2.45) is 10.9 Å². The Hall–Kier alpha value is -2.46. The highest BCUT2D eigenvalue weighted by Gasteiger charge is 2.22. The summed E-state index contributed by atoms with van der Waals surface area (Å²) in [5.74, 6) is 0.321. The Balaban J connectivity index is 1.46. The molecule has 0 aliphatic heterocycles. The van der Waals surface area contributed by atoms with Crippen LogP contribution in [-0.2, 0) is 0 Å². The predicted octanol–water partition coefficient (Wildman–Crippen LogP) is 4.00. The minimum Gasteiger partial charge on any atom is -0.393 e. The molecule has 1 heterocycles. The van der Waals surface area contributed by atoms with E-state index in [0.29, 0.717) is 5.92 Å². The van der Waals surface area contributed by atoms with Crippen LogP contribution in [0.3, 0.4) is 0 Å². The van der Waals surface area contributed by atoms with E-state index in [1.165, 1.54) is 6.42 Å². The number of aliphatic imine (C=N–C) groups is 1. The van der Waals surface area contributed by atoms with E-state index >= 15 is 0 Å². The Bertz CT molecular complexity index is 866. The molecule has 2 aromatic carbocycles. The van der Waals surface area contributed by atoms with Gasteiger partial charge >= 0.3 is 0 Å². The van der Waals surface area contributed by atoms with E-state index in [4.69, 9.17) is 0 Å². The summed E-state index contributed by atoms with van der Waals surface area (Å²) in [7, 11) is 0. The van der Waals surface area contributed by atoms with E-state index < -0.39 is 0 Å². The zero-order valence-electron chi connectivity index (χ0n) is 14.3. The van der Waals surface area contributed by atoms with Gasteiger partial charge in [0.15, 0.2) is 0 Å². The number of rotatable bonds is 4. The topological polar surface area (TPSA) is 50.4 Å². The Morgan fingerprint density at radius 1 is 1.08 bits per heavy atom. The summed E-state index contributed by atoms with van der Waals surface area (Å²) in [5, 5.41) is 10.0. The first-order valence-corrected chi connectivity index (χ1v) is 9.02. The van der Waals surface area contributed by atoms with Gasteiger partial charge in [-0.1, -0.05) is 37.1 Å². The van der Waals surface area contributed by atoms with Gasteiger partial charge in [0.1, 0.15) is 6.33 Å². The first-order chi connectivity index (χ1) is 12.3. The van der Waals surface area contributed by atoms with Crippen molar-refractivity contribution in [1.82, 2.24) is 9.55 Å². The van der Waals surface area contributed by atoms with Crippen molar-refractivity contribution < 1.29 is 5.11 Å². The molecule has 4 nitrogen and oxygen atoms in total. The Morgan fingerprint density at radius 3 is 2.72 bits per heavy atom. The zero-order valence-corrected chi connectivity index (χ0v) is 14.3. The standard InChI is InChI=1S/C21H23N3O/c25-21-8-4-1-5-17(21)14-22-13-16-9-11-18(12-10-16)24-15-23-19-6-2-3-7-20(19)24/h2-3,6-7,9-13,15,17,21,25H,1,4-5,8,14H2/t17-,21+/m0/s1. The maximum Gasteiger partial charge on any atom is 0.100 e. The Labute approximate surface area is 147 Å². The Kier molecular flexibility index (Phi) is 4.61. The Morgan fingerprint density at radius 2 is 1.88 bits per heavy atom. The fourth-order valence-electron chi connectivity index (χ4n) is 3.58. The number of hydrogen-bond acceptors (Lipinski definition) is 3. The maximum atomic E-state index is 10.0. The van der Waals surface area contributed by atoms with Gasteiger partial charge in [-0.15, -0.1) is 0 Å². The van der Waals surface area contributed by atoms with Crippen molar-refractivity contribution in [2.45, 2.75) is 31.8 Å². The number of para-hydroxylation sites is 2. The number of aromatic nitrogens is 2. The third kappa shape index (κ3) is 3.49. The number of aliphatic hydroxyl groups excluding tert-OH is 1. The van der Waals surface area contributed by atoms with Crippen LogP contribution < -0.4 is 0 Å². The lowest BCUT2D eigenvalue weighted by molar-refractivity contribution is 0.0746. The highest BCUT2D eigenvalue weighted by molar-refractivity contribution is 5.81. The molecule has 1 fully saturated rings. The molecule has 0 radical (unpaired) electrons. The summed E-state index contributed by atoms with van der Waals surface area (Å²) in [6.07, 6.45) is 7.97. The van der Waals surface area contributed by atoms with E-state index in [1.807, 2.05) is 30.7 Å². The average molecular weight is 333 g/mol. The molecular weight excluding hydrogens is 310 g/mol. The summed E-state index contributed by atoms with van der Waals surface area (Å²) in [5.41, 5.74) is 4.28. The molecule has 0 bridgehead atoms. The van der Waals surface area contributed by atoms with Gasteiger partial charge in [0.2, 0.25) is 0 Å². The van der Waals surface area contributed by atoms with Crippen LogP contribution in [0.5, 0.6) is 0 Å².